The third-order valence-electron chi connectivity index (χ3n) is 2.61. The summed E-state index contributed by atoms with van der Waals surface area (Å²) in [6.07, 6.45) is -0.726. The Hall–Kier alpha value is -1.60. The van der Waals surface area contributed by atoms with Crippen LogP contribution < -0.4 is 10.1 Å². The van der Waals surface area contributed by atoms with Crippen molar-refractivity contribution in [2.24, 2.45) is 0 Å². The van der Waals surface area contributed by atoms with Crippen molar-refractivity contribution < 1.29 is 19.1 Å². The Bertz CT molecular complexity index is 508. The van der Waals surface area contributed by atoms with Gasteiger partial charge in [0.2, 0.25) is 5.91 Å². The third-order valence-corrected chi connectivity index (χ3v) is 3.11. The van der Waals surface area contributed by atoms with Crippen LogP contribution in [0.3, 0.4) is 0 Å². The maximum absolute atomic E-state index is 11.7. The van der Waals surface area contributed by atoms with Crippen LogP contribution >= 0.6 is 15.9 Å². The van der Waals surface area contributed by atoms with Gasteiger partial charge < -0.3 is 9.47 Å². The SMILES string of the molecule is CCOC(=O)NC(=O)CN(C)Cc1cc(Br)ccc1OC. The lowest BCUT2D eigenvalue weighted by Crippen LogP contribution is -2.38. The lowest BCUT2D eigenvalue weighted by Gasteiger charge is -2.18. The summed E-state index contributed by atoms with van der Waals surface area (Å²) in [4.78, 5) is 24.6. The zero-order valence-corrected chi connectivity index (χ0v) is 13.9. The summed E-state index contributed by atoms with van der Waals surface area (Å²) in [5.41, 5.74) is 0.943. The second-order valence-electron chi connectivity index (χ2n) is 4.40. The highest BCUT2D eigenvalue weighted by atomic mass is 79.9. The number of methoxy groups -OCH3 is 1. The van der Waals surface area contributed by atoms with Gasteiger partial charge in [-0.3, -0.25) is 15.0 Å². The Morgan fingerprint density at radius 2 is 2.10 bits per heavy atom. The van der Waals surface area contributed by atoms with E-state index < -0.39 is 12.0 Å². The zero-order valence-electron chi connectivity index (χ0n) is 12.3. The fraction of sp³-hybridized carbons (Fsp3) is 0.429. The summed E-state index contributed by atoms with van der Waals surface area (Å²) < 4.78 is 10.9. The summed E-state index contributed by atoms with van der Waals surface area (Å²) in [5.74, 6) is 0.334. The molecule has 0 bridgehead atoms. The van der Waals surface area contributed by atoms with Crippen LogP contribution in [-0.4, -0.2) is 44.2 Å². The summed E-state index contributed by atoms with van der Waals surface area (Å²) in [5, 5.41) is 2.16. The number of imide groups is 1. The number of likely N-dealkylation sites (N-methyl/N-ethyl adjacent to an activating group) is 1. The van der Waals surface area contributed by atoms with Crippen LogP contribution in [0.15, 0.2) is 22.7 Å². The summed E-state index contributed by atoms with van der Waals surface area (Å²) >= 11 is 3.40. The smallest absolute Gasteiger partial charge is 0.413 e. The summed E-state index contributed by atoms with van der Waals surface area (Å²) in [7, 11) is 3.38. The van der Waals surface area contributed by atoms with Crippen LogP contribution in [0.4, 0.5) is 4.79 Å². The van der Waals surface area contributed by atoms with Crippen molar-refractivity contribution in [2.45, 2.75) is 13.5 Å². The second kappa shape index (κ2) is 8.63. The minimum atomic E-state index is -0.726. The van der Waals surface area contributed by atoms with E-state index >= 15 is 0 Å². The van der Waals surface area contributed by atoms with Gasteiger partial charge in [-0.1, -0.05) is 15.9 Å². The Balaban J connectivity index is 2.57. The predicted octanol–water partition coefficient (Wildman–Crippen LogP) is 2.16. The van der Waals surface area contributed by atoms with E-state index in [2.05, 4.69) is 26.0 Å². The molecule has 21 heavy (non-hydrogen) atoms. The average Bonchev–Trinajstić information content (AvgIpc) is 2.38. The first-order chi connectivity index (χ1) is 9.96. The van der Waals surface area contributed by atoms with Crippen molar-refractivity contribution in [1.29, 1.82) is 0 Å². The van der Waals surface area contributed by atoms with E-state index in [1.54, 1.807) is 26.0 Å². The lowest BCUT2D eigenvalue weighted by molar-refractivity contribution is -0.121. The zero-order chi connectivity index (χ0) is 15.8. The first-order valence-corrected chi connectivity index (χ1v) is 7.23. The van der Waals surface area contributed by atoms with Gasteiger partial charge in [0.15, 0.2) is 0 Å². The molecule has 1 rings (SSSR count). The van der Waals surface area contributed by atoms with Gasteiger partial charge in [0, 0.05) is 16.6 Å². The highest BCUT2D eigenvalue weighted by molar-refractivity contribution is 9.10. The number of benzene rings is 1. The number of nitrogens with zero attached hydrogens (tertiary/aromatic N) is 1. The number of carbonyl (C=O) groups is 2. The largest absolute Gasteiger partial charge is 0.496 e. The summed E-state index contributed by atoms with van der Waals surface area (Å²) in [6.45, 7) is 2.49. The maximum Gasteiger partial charge on any atom is 0.413 e. The molecule has 1 aromatic rings. The van der Waals surface area contributed by atoms with E-state index in [0.29, 0.717) is 6.54 Å². The van der Waals surface area contributed by atoms with Crippen molar-refractivity contribution in [2.75, 3.05) is 27.3 Å². The molecule has 0 heterocycles. The first kappa shape index (κ1) is 17.5. The molecule has 0 saturated heterocycles. The number of ether oxygens (including phenoxy) is 2. The van der Waals surface area contributed by atoms with E-state index in [-0.39, 0.29) is 13.2 Å². The molecule has 1 N–H and O–H groups in total. The normalized spacial score (nSPS) is 10.3. The van der Waals surface area contributed by atoms with Gasteiger partial charge in [0.05, 0.1) is 20.3 Å². The Kier molecular flexibility index (Phi) is 7.18. The fourth-order valence-electron chi connectivity index (χ4n) is 1.78. The lowest BCUT2D eigenvalue weighted by atomic mass is 10.2. The Morgan fingerprint density at radius 1 is 1.38 bits per heavy atom. The first-order valence-electron chi connectivity index (χ1n) is 6.43. The molecule has 6 nitrogen and oxygen atoms in total. The molecule has 2 amide bonds. The molecule has 0 fully saturated rings. The number of rotatable bonds is 6. The molecule has 0 aliphatic rings. The Morgan fingerprint density at radius 3 is 2.71 bits per heavy atom. The molecule has 0 aliphatic carbocycles. The molecular weight excluding hydrogens is 340 g/mol. The predicted molar refractivity (Wildman–Crippen MR) is 82.2 cm³/mol. The number of alkyl carbamates (subject to hydrolysis) is 1. The molecule has 0 aromatic heterocycles. The quantitative estimate of drug-likeness (QED) is 0.843. The Labute approximate surface area is 132 Å². The van der Waals surface area contributed by atoms with Crippen LogP contribution in [0.1, 0.15) is 12.5 Å². The van der Waals surface area contributed by atoms with Gasteiger partial charge in [-0.05, 0) is 32.2 Å². The highest BCUT2D eigenvalue weighted by Crippen LogP contribution is 2.23. The van der Waals surface area contributed by atoms with E-state index in [1.807, 2.05) is 18.2 Å². The average molecular weight is 359 g/mol. The van der Waals surface area contributed by atoms with Crippen molar-refractivity contribution in [3.05, 3.63) is 28.2 Å². The standard InChI is InChI=1S/C14H19BrN2O4/c1-4-21-14(19)16-13(18)9-17(2)8-10-7-11(15)5-6-12(10)20-3/h5-7H,4,8-9H2,1-3H3,(H,16,18,19). The van der Waals surface area contributed by atoms with Crippen molar-refractivity contribution in [3.63, 3.8) is 0 Å². The molecule has 7 heteroatoms. The molecule has 0 aliphatic heterocycles. The molecule has 0 unspecified atom stereocenters. The van der Waals surface area contributed by atoms with Crippen molar-refractivity contribution >= 4 is 27.9 Å². The molecule has 0 radical (unpaired) electrons. The maximum atomic E-state index is 11.7. The topological polar surface area (TPSA) is 67.9 Å². The fourth-order valence-corrected chi connectivity index (χ4v) is 2.19. The summed E-state index contributed by atoms with van der Waals surface area (Å²) in [6, 6.07) is 5.67. The third kappa shape index (κ3) is 6.14. The van der Waals surface area contributed by atoms with E-state index in [1.165, 1.54) is 0 Å². The van der Waals surface area contributed by atoms with Gasteiger partial charge in [-0.15, -0.1) is 0 Å². The van der Waals surface area contributed by atoms with E-state index in [0.717, 1.165) is 15.8 Å². The number of halogens is 1. The van der Waals surface area contributed by atoms with Crippen LogP contribution in [0.2, 0.25) is 0 Å². The monoisotopic (exact) mass is 358 g/mol. The highest BCUT2D eigenvalue weighted by Gasteiger charge is 2.13. The van der Waals surface area contributed by atoms with E-state index in [9.17, 15) is 9.59 Å². The molecular formula is C14H19BrN2O4. The molecule has 0 saturated carbocycles. The van der Waals surface area contributed by atoms with Gasteiger partial charge in [0.25, 0.3) is 0 Å². The van der Waals surface area contributed by atoms with Crippen LogP contribution in [0.25, 0.3) is 0 Å². The minimum absolute atomic E-state index is 0.0779. The van der Waals surface area contributed by atoms with Crippen LogP contribution in [0, 0.1) is 0 Å². The van der Waals surface area contributed by atoms with Gasteiger partial charge in [0.1, 0.15) is 5.75 Å². The molecule has 0 spiro atoms. The number of carbonyl (C=O) groups excluding carboxylic acids is 2. The van der Waals surface area contributed by atoms with Gasteiger partial charge in [-0.2, -0.15) is 0 Å². The van der Waals surface area contributed by atoms with Crippen LogP contribution in [-0.2, 0) is 16.1 Å². The number of hydrogen-bond acceptors (Lipinski definition) is 5. The second-order valence-corrected chi connectivity index (χ2v) is 5.31. The number of amides is 2. The molecule has 0 atom stereocenters. The van der Waals surface area contributed by atoms with Crippen molar-refractivity contribution in [3.8, 4) is 5.75 Å². The van der Waals surface area contributed by atoms with Gasteiger partial charge in [-0.25, -0.2) is 4.79 Å². The van der Waals surface area contributed by atoms with E-state index in [4.69, 9.17) is 4.74 Å². The molecule has 1 aromatic carbocycles. The van der Waals surface area contributed by atoms with Gasteiger partial charge >= 0.3 is 6.09 Å². The number of nitrogens with one attached hydrogen (secondary N) is 1. The molecule has 116 valence electrons. The van der Waals surface area contributed by atoms with Crippen molar-refractivity contribution in [1.82, 2.24) is 10.2 Å². The number of hydrogen-bond donors (Lipinski definition) is 1. The van der Waals surface area contributed by atoms with Crippen LogP contribution in [0.5, 0.6) is 5.75 Å². The minimum Gasteiger partial charge on any atom is -0.496 e.